The summed E-state index contributed by atoms with van der Waals surface area (Å²) in [6.07, 6.45) is 6.30. The number of hydrogen-bond donors (Lipinski definition) is 0. The van der Waals surface area contributed by atoms with Gasteiger partial charge in [0.15, 0.2) is 5.78 Å². The number of hydrogen-bond acceptors (Lipinski definition) is 2. The first-order valence-corrected chi connectivity index (χ1v) is 7.07. The van der Waals surface area contributed by atoms with Crippen molar-refractivity contribution >= 4 is 17.1 Å². The van der Waals surface area contributed by atoms with Gasteiger partial charge in [-0.15, -0.1) is 24.5 Å². The van der Waals surface area contributed by atoms with Crippen LogP contribution >= 0.6 is 11.3 Å². The molecule has 1 nitrogen and oxygen atoms in total. The van der Waals surface area contributed by atoms with Crippen LogP contribution in [0, 0.1) is 0 Å². The SMILES string of the molecule is C=C.C=C/C=C(\C=C)Cc1cc(C(C)=O)cs1.CC. The lowest BCUT2D eigenvalue weighted by Gasteiger charge is -1.96. The van der Waals surface area contributed by atoms with Crippen molar-refractivity contribution in [3.8, 4) is 0 Å². The van der Waals surface area contributed by atoms with Crippen molar-refractivity contribution in [1.29, 1.82) is 0 Å². The molecule has 0 unspecified atom stereocenters. The fraction of sp³-hybridized carbons (Fsp3) is 0.235. The van der Waals surface area contributed by atoms with E-state index in [1.807, 2.05) is 37.4 Å². The summed E-state index contributed by atoms with van der Waals surface area (Å²) in [6.45, 7) is 19.0. The average Bonchev–Trinajstić information content (AvgIpc) is 2.91. The van der Waals surface area contributed by atoms with Crippen molar-refractivity contribution in [2.45, 2.75) is 27.2 Å². The van der Waals surface area contributed by atoms with Gasteiger partial charge < -0.3 is 0 Å². The molecular formula is C17H24OS. The topological polar surface area (TPSA) is 17.1 Å². The molecule has 0 aromatic carbocycles. The summed E-state index contributed by atoms with van der Waals surface area (Å²) in [7, 11) is 0. The molecule has 1 heterocycles. The molecule has 0 amide bonds. The van der Waals surface area contributed by atoms with Crippen LogP contribution in [0.25, 0.3) is 0 Å². The van der Waals surface area contributed by atoms with Crippen LogP contribution in [0.15, 0.2) is 61.6 Å². The van der Waals surface area contributed by atoms with Crippen LogP contribution in [-0.2, 0) is 6.42 Å². The largest absolute Gasteiger partial charge is 0.294 e. The number of carbonyl (C=O) groups is 1. The lowest BCUT2D eigenvalue weighted by Crippen LogP contribution is -1.88. The van der Waals surface area contributed by atoms with Crippen LogP contribution in [-0.4, -0.2) is 5.78 Å². The Morgan fingerprint density at radius 2 is 1.89 bits per heavy atom. The monoisotopic (exact) mass is 276 g/mol. The summed E-state index contributed by atoms with van der Waals surface area (Å²) in [5.41, 5.74) is 1.90. The first kappa shape index (κ1) is 19.7. The van der Waals surface area contributed by atoms with E-state index in [0.717, 1.165) is 17.6 Å². The Bertz CT molecular complexity index is 424. The van der Waals surface area contributed by atoms with Crippen molar-refractivity contribution in [1.82, 2.24) is 0 Å². The van der Waals surface area contributed by atoms with Crippen molar-refractivity contribution in [3.05, 3.63) is 72.0 Å². The van der Waals surface area contributed by atoms with Gasteiger partial charge in [-0.3, -0.25) is 4.79 Å². The fourth-order valence-corrected chi connectivity index (χ4v) is 2.17. The average molecular weight is 276 g/mol. The van der Waals surface area contributed by atoms with E-state index in [2.05, 4.69) is 26.3 Å². The van der Waals surface area contributed by atoms with Crippen molar-refractivity contribution < 1.29 is 4.79 Å². The van der Waals surface area contributed by atoms with Crippen molar-refractivity contribution in [2.75, 3.05) is 0 Å². The minimum absolute atomic E-state index is 0.116. The van der Waals surface area contributed by atoms with Gasteiger partial charge in [0.05, 0.1) is 0 Å². The third-order valence-corrected chi connectivity index (χ3v) is 2.97. The first-order valence-electron chi connectivity index (χ1n) is 6.19. The molecule has 0 aliphatic rings. The second-order valence-electron chi connectivity index (χ2n) is 3.22. The molecular weight excluding hydrogens is 252 g/mol. The van der Waals surface area contributed by atoms with Crippen molar-refractivity contribution in [3.63, 3.8) is 0 Å². The number of thiophene rings is 1. The lowest BCUT2D eigenvalue weighted by atomic mass is 10.1. The maximum atomic E-state index is 11.1. The molecule has 0 aliphatic carbocycles. The van der Waals surface area contributed by atoms with E-state index in [1.54, 1.807) is 24.3 Å². The van der Waals surface area contributed by atoms with Gasteiger partial charge in [-0.1, -0.05) is 45.2 Å². The lowest BCUT2D eigenvalue weighted by molar-refractivity contribution is 0.101. The van der Waals surface area contributed by atoms with Crippen LogP contribution < -0.4 is 0 Å². The zero-order chi connectivity index (χ0) is 15.3. The molecule has 0 bridgehead atoms. The molecule has 0 saturated carbocycles. The standard InChI is InChI=1S/C13H14OS.C2H6.C2H4/c1-4-6-11(5-2)7-13-8-12(9-15-13)10(3)14;2*1-2/h4-6,8-9H,1-2,7H2,3H3;1-2H3;1-2H2/b11-6+;;. The van der Waals surface area contributed by atoms with Crippen LogP contribution in [0.4, 0.5) is 0 Å². The van der Waals surface area contributed by atoms with Crippen LogP contribution in [0.1, 0.15) is 36.0 Å². The van der Waals surface area contributed by atoms with E-state index in [9.17, 15) is 4.79 Å². The Kier molecular flexibility index (Phi) is 13.2. The Labute approximate surface area is 121 Å². The van der Waals surface area contributed by atoms with Gasteiger partial charge in [0.2, 0.25) is 0 Å². The molecule has 104 valence electrons. The summed E-state index contributed by atoms with van der Waals surface area (Å²) in [4.78, 5) is 12.3. The molecule has 0 aliphatic heterocycles. The predicted molar refractivity (Wildman–Crippen MR) is 89.1 cm³/mol. The Morgan fingerprint density at radius 3 is 2.26 bits per heavy atom. The Morgan fingerprint density at radius 1 is 1.32 bits per heavy atom. The second-order valence-corrected chi connectivity index (χ2v) is 4.21. The van der Waals surface area contributed by atoms with Gasteiger partial charge in [0, 0.05) is 22.2 Å². The minimum atomic E-state index is 0.116. The quantitative estimate of drug-likeness (QED) is 0.387. The van der Waals surface area contributed by atoms with E-state index in [4.69, 9.17) is 0 Å². The molecule has 1 aromatic rings. The highest BCUT2D eigenvalue weighted by atomic mass is 32.1. The molecule has 0 radical (unpaired) electrons. The Balaban J connectivity index is 0. The molecule has 2 heteroatoms. The maximum Gasteiger partial charge on any atom is 0.160 e. The van der Waals surface area contributed by atoms with Gasteiger partial charge in [-0.05, 0) is 18.6 Å². The summed E-state index contributed by atoms with van der Waals surface area (Å²) < 4.78 is 0. The zero-order valence-corrected chi connectivity index (χ0v) is 13.1. The summed E-state index contributed by atoms with van der Waals surface area (Å²) in [5.74, 6) is 0.116. The van der Waals surface area contributed by atoms with E-state index < -0.39 is 0 Å². The highest BCUT2D eigenvalue weighted by Crippen LogP contribution is 2.19. The molecule has 0 saturated heterocycles. The van der Waals surface area contributed by atoms with E-state index in [0.29, 0.717) is 0 Å². The van der Waals surface area contributed by atoms with Gasteiger partial charge in [0.25, 0.3) is 0 Å². The first-order chi connectivity index (χ1) is 9.17. The molecule has 0 spiro atoms. The molecule has 0 fully saturated rings. The third-order valence-electron chi connectivity index (χ3n) is 2.03. The van der Waals surface area contributed by atoms with Gasteiger partial charge in [-0.25, -0.2) is 0 Å². The number of ketones is 1. The molecule has 0 atom stereocenters. The molecule has 0 N–H and O–H groups in total. The van der Waals surface area contributed by atoms with Crippen LogP contribution in [0.2, 0.25) is 0 Å². The highest BCUT2D eigenvalue weighted by molar-refractivity contribution is 7.10. The van der Waals surface area contributed by atoms with Gasteiger partial charge >= 0.3 is 0 Å². The van der Waals surface area contributed by atoms with Gasteiger partial charge in [-0.2, -0.15) is 0 Å². The number of rotatable bonds is 5. The maximum absolute atomic E-state index is 11.1. The fourth-order valence-electron chi connectivity index (χ4n) is 1.21. The summed E-state index contributed by atoms with van der Waals surface area (Å²) in [6, 6.07) is 1.94. The zero-order valence-electron chi connectivity index (χ0n) is 12.2. The number of carbonyl (C=O) groups excluding carboxylic acids is 1. The summed E-state index contributed by atoms with van der Waals surface area (Å²) in [5, 5.41) is 1.90. The molecule has 1 aromatic heterocycles. The molecule has 19 heavy (non-hydrogen) atoms. The van der Waals surface area contributed by atoms with Crippen LogP contribution in [0.5, 0.6) is 0 Å². The van der Waals surface area contributed by atoms with Crippen LogP contribution in [0.3, 0.4) is 0 Å². The van der Waals surface area contributed by atoms with E-state index in [1.165, 1.54) is 4.88 Å². The van der Waals surface area contributed by atoms with Gasteiger partial charge in [0.1, 0.15) is 0 Å². The normalized spacial score (nSPS) is 9.32. The van der Waals surface area contributed by atoms with E-state index >= 15 is 0 Å². The number of allylic oxidation sites excluding steroid dienone is 4. The smallest absolute Gasteiger partial charge is 0.160 e. The minimum Gasteiger partial charge on any atom is -0.294 e. The predicted octanol–water partition coefficient (Wildman–Crippen LogP) is 5.62. The Hall–Kier alpha value is -1.67. The molecule has 1 rings (SSSR count). The second kappa shape index (κ2) is 12.8. The third kappa shape index (κ3) is 8.11. The summed E-state index contributed by atoms with van der Waals surface area (Å²) >= 11 is 1.60. The van der Waals surface area contributed by atoms with E-state index in [-0.39, 0.29) is 5.78 Å². The number of Topliss-reactive ketones (excluding diaryl/α,β-unsaturated/α-hetero) is 1. The highest BCUT2D eigenvalue weighted by Gasteiger charge is 2.04. The van der Waals surface area contributed by atoms with Crippen molar-refractivity contribution in [2.24, 2.45) is 0 Å².